The van der Waals surface area contributed by atoms with Crippen molar-refractivity contribution >= 4 is 16.8 Å². The first-order valence-corrected chi connectivity index (χ1v) is 8.65. The Bertz CT molecular complexity index is 910. The monoisotopic (exact) mass is 334 g/mol. The average Bonchev–Trinajstić information content (AvgIpc) is 3.35. The number of H-pyrrole nitrogens is 1. The lowest BCUT2D eigenvalue weighted by Crippen LogP contribution is -2.36. The van der Waals surface area contributed by atoms with Crippen molar-refractivity contribution in [3.8, 4) is 5.75 Å². The highest BCUT2D eigenvalue weighted by atomic mass is 16.5. The summed E-state index contributed by atoms with van der Waals surface area (Å²) in [4.78, 5) is 16.3. The molecule has 128 valence electrons. The van der Waals surface area contributed by atoms with E-state index < -0.39 is 5.41 Å². The summed E-state index contributed by atoms with van der Waals surface area (Å²) in [5.41, 5.74) is 2.80. The van der Waals surface area contributed by atoms with Crippen LogP contribution in [0.5, 0.6) is 5.75 Å². The van der Waals surface area contributed by atoms with Gasteiger partial charge in [-0.15, -0.1) is 0 Å². The highest BCUT2D eigenvalue weighted by Gasteiger charge is 2.52. The van der Waals surface area contributed by atoms with E-state index in [0.717, 1.165) is 40.6 Å². The van der Waals surface area contributed by atoms with Gasteiger partial charge in [0.25, 0.3) is 0 Å². The number of carbonyl (C=O) groups excluding carboxylic acids is 1. The van der Waals surface area contributed by atoms with Crippen LogP contribution in [0.15, 0.2) is 54.7 Å². The Hall–Kier alpha value is -2.75. The van der Waals surface area contributed by atoms with Crippen LogP contribution in [-0.2, 0) is 10.2 Å². The van der Waals surface area contributed by atoms with Crippen LogP contribution in [0.3, 0.4) is 0 Å². The molecule has 0 spiro atoms. The first kappa shape index (κ1) is 15.8. The van der Waals surface area contributed by atoms with Gasteiger partial charge in [0.1, 0.15) is 5.75 Å². The molecule has 1 heterocycles. The summed E-state index contributed by atoms with van der Waals surface area (Å²) in [6.07, 6.45) is 3.74. The van der Waals surface area contributed by atoms with Crippen LogP contribution in [0.25, 0.3) is 10.9 Å². The van der Waals surface area contributed by atoms with Crippen LogP contribution in [0, 0.1) is 0 Å². The number of hydrogen-bond donors (Lipinski definition) is 2. The van der Waals surface area contributed by atoms with Crippen molar-refractivity contribution in [3.63, 3.8) is 0 Å². The maximum atomic E-state index is 13.1. The zero-order chi connectivity index (χ0) is 17.4. The molecule has 0 radical (unpaired) electrons. The van der Waals surface area contributed by atoms with Gasteiger partial charge in [-0.2, -0.15) is 0 Å². The molecule has 25 heavy (non-hydrogen) atoms. The van der Waals surface area contributed by atoms with Gasteiger partial charge in [0.15, 0.2) is 0 Å². The number of carbonyl (C=O) groups is 1. The van der Waals surface area contributed by atoms with Gasteiger partial charge in [-0.3, -0.25) is 4.79 Å². The topological polar surface area (TPSA) is 54.1 Å². The van der Waals surface area contributed by atoms with Gasteiger partial charge in [0, 0.05) is 17.1 Å². The van der Waals surface area contributed by atoms with Crippen molar-refractivity contribution < 1.29 is 9.53 Å². The number of benzene rings is 2. The number of fused-ring (bicyclic) bond motifs is 1. The molecular weight excluding hydrogens is 312 g/mol. The number of nitrogens with one attached hydrogen (secondary N) is 2. The fraction of sp³-hybridized carbons (Fsp3) is 0.286. The van der Waals surface area contributed by atoms with E-state index in [2.05, 4.69) is 10.3 Å². The molecule has 1 amide bonds. The summed E-state index contributed by atoms with van der Waals surface area (Å²) in [5, 5.41) is 4.27. The summed E-state index contributed by atoms with van der Waals surface area (Å²) in [6, 6.07) is 16.0. The van der Waals surface area contributed by atoms with E-state index in [9.17, 15) is 4.79 Å². The molecule has 0 aliphatic heterocycles. The van der Waals surface area contributed by atoms with E-state index in [1.807, 2.05) is 61.7 Å². The number of aromatic nitrogens is 1. The zero-order valence-electron chi connectivity index (χ0n) is 14.5. The number of methoxy groups -OCH3 is 1. The Morgan fingerprint density at radius 2 is 1.96 bits per heavy atom. The van der Waals surface area contributed by atoms with Crippen molar-refractivity contribution in [2.45, 2.75) is 31.2 Å². The molecule has 1 unspecified atom stereocenters. The molecule has 2 aromatic carbocycles. The Balaban J connectivity index is 1.63. The molecule has 1 aliphatic carbocycles. The Kier molecular flexibility index (Phi) is 3.75. The molecule has 3 aromatic rings. The van der Waals surface area contributed by atoms with Gasteiger partial charge in [0.05, 0.1) is 18.6 Å². The van der Waals surface area contributed by atoms with Crippen LogP contribution in [0.1, 0.15) is 36.9 Å². The molecule has 0 bridgehead atoms. The number of aromatic amines is 1. The maximum absolute atomic E-state index is 13.1. The number of rotatable bonds is 5. The van der Waals surface area contributed by atoms with Gasteiger partial charge >= 0.3 is 0 Å². The Morgan fingerprint density at radius 3 is 2.64 bits per heavy atom. The lowest BCUT2D eigenvalue weighted by molar-refractivity contribution is -0.124. The molecule has 0 saturated heterocycles. The molecule has 4 nitrogen and oxygen atoms in total. The van der Waals surface area contributed by atoms with Crippen molar-refractivity contribution in [2.24, 2.45) is 0 Å². The van der Waals surface area contributed by atoms with Crippen molar-refractivity contribution in [2.75, 3.05) is 7.11 Å². The summed E-state index contributed by atoms with van der Waals surface area (Å²) in [5.74, 6) is 0.912. The van der Waals surface area contributed by atoms with Crippen LogP contribution >= 0.6 is 0 Å². The molecule has 2 N–H and O–H groups in total. The number of ether oxygens (including phenoxy) is 1. The van der Waals surface area contributed by atoms with Gasteiger partial charge in [-0.25, -0.2) is 0 Å². The van der Waals surface area contributed by atoms with E-state index in [0.29, 0.717) is 0 Å². The molecule has 4 rings (SSSR count). The number of amides is 1. The normalized spacial score (nSPS) is 16.4. The van der Waals surface area contributed by atoms with Crippen LogP contribution in [0.2, 0.25) is 0 Å². The lowest BCUT2D eigenvalue weighted by Gasteiger charge is -2.20. The smallest absolute Gasteiger partial charge is 0.231 e. The highest BCUT2D eigenvalue weighted by molar-refractivity contribution is 5.98. The standard InChI is InChI=1S/C21H22N2O2/c1-14(15-6-4-3-5-7-15)23-20(24)21(10-11-21)18-13-22-19-9-8-16(25-2)12-17(18)19/h3-9,12-14,22H,10-11H2,1-2H3,(H,23,24). The summed E-state index contributed by atoms with van der Waals surface area (Å²) < 4.78 is 5.35. The quantitative estimate of drug-likeness (QED) is 0.738. The predicted octanol–water partition coefficient (Wildman–Crippen LogP) is 4.09. The average molecular weight is 334 g/mol. The first-order valence-electron chi connectivity index (χ1n) is 8.65. The predicted molar refractivity (Wildman–Crippen MR) is 98.8 cm³/mol. The molecule has 1 saturated carbocycles. The van der Waals surface area contributed by atoms with Gasteiger partial charge in [-0.05, 0) is 49.1 Å². The van der Waals surface area contributed by atoms with E-state index in [4.69, 9.17) is 4.74 Å². The fourth-order valence-corrected chi connectivity index (χ4v) is 3.53. The molecule has 1 aliphatic rings. The van der Waals surface area contributed by atoms with Crippen LogP contribution in [0.4, 0.5) is 0 Å². The van der Waals surface area contributed by atoms with E-state index in [1.54, 1.807) is 7.11 Å². The third kappa shape index (κ3) is 2.68. The fourth-order valence-electron chi connectivity index (χ4n) is 3.53. The van der Waals surface area contributed by atoms with Crippen LogP contribution < -0.4 is 10.1 Å². The first-order chi connectivity index (χ1) is 12.1. The van der Waals surface area contributed by atoms with Gasteiger partial charge in [-0.1, -0.05) is 30.3 Å². The minimum atomic E-state index is -0.423. The Morgan fingerprint density at radius 1 is 1.20 bits per heavy atom. The summed E-state index contributed by atoms with van der Waals surface area (Å²) >= 11 is 0. The molecule has 1 atom stereocenters. The minimum Gasteiger partial charge on any atom is -0.497 e. The van der Waals surface area contributed by atoms with Crippen molar-refractivity contribution in [1.29, 1.82) is 0 Å². The second kappa shape index (κ2) is 5.96. The van der Waals surface area contributed by atoms with E-state index >= 15 is 0 Å². The minimum absolute atomic E-state index is 0.00841. The van der Waals surface area contributed by atoms with Crippen molar-refractivity contribution in [1.82, 2.24) is 10.3 Å². The van der Waals surface area contributed by atoms with Crippen molar-refractivity contribution in [3.05, 3.63) is 65.9 Å². The largest absolute Gasteiger partial charge is 0.497 e. The molecular formula is C21H22N2O2. The number of hydrogen-bond acceptors (Lipinski definition) is 2. The zero-order valence-corrected chi connectivity index (χ0v) is 14.5. The third-order valence-electron chi connectivity index (χ3n) is 5.24. The van der Waals surface area contributed by atoms with Gasteiger partial charge < -0.3 is 15.0 Å². The SMILES string of the molecule is COc1ccc2[nH]cc(C3(C(=O)NC(C)c4ccccc4)CC3)c2c1. The second-order valence-electron chi connectivity index (χ2n) is 6.80. The van der Waals surface area contributed by atoms with E-state index in [-0.39, 0.29) is 11.9 Å². The molecule has 4 heteroatoms. The Labute approximate surface area is 147 Å². The molecule has 1 aromatic heterocycles. The second-order valence-corrected chi connectivity index (χ2v) is 6.80. The maximum Gasteiger partial charge on any atom is 0.231 e. The van der Waals surface area contributed by atoms with Gasteiger partial charge in [0.2, 0.25) is 5.91 Å². The summed E-state index contributed by atoms with van der Waals surface area (Å²) in [7, 11) is 1.66. The van der Waals surface area contributed by atoms with Crippen LogP contribution in [-0.4, -0.2) is 18.0 Å². The third-order valence-corrected chi connectivity index (χ3v) is 5.24. The highest BCUT2D eigenvalue weighted by Crippen LogP contribution is 2.51. The lowest BCUT2D eigenvalue weighted by atomic mass is 9.93. The summed E-state index contributed by atoms with van der Waals surface area (Å²) in [6.45, 7) is 2.03. The van der Waals surface area contributed by atoms with E-state index in [1.165, 1.54) is 0 Å². The molecule has 1 fully saturated rings.